The van der Waals surface area contributed by atoms with E-state index in [2.05, 4.69) is 118 Å². The predicted molar refractivity (Wildman–Crippen MR) is 209 cm³/mol. The molecular formula is C45H30N6. The lowest BCUT2D eigenvalue weighted by atomic mass is 10.0. The van der Waals surface area contributed by atoms with Gasteiger partial charge in [-0.15, -0.1) is 0 Å². The monoisotopic (exact) mass is 654 g/mol. The molecule has 2 aliphatic heterocycles. The number of nitrogens with zero attached hydrogens (tertiary/aromatic N) is 4. The van der Waals surface area contributed by atoms with Crippen LogP contribution in [0.25, 0.3) is 68.6 Å². The predicted octanol–water partition coefficient (Wildman–Crippen LogP) is 11.3. The van der Waals surface area contributed by atoms with E-state index in [1.807, 2.05) is 72.8 Å². The van der Waals surface area contributed by atoms with Gasteiger partial charge in [-0.25, -0.2) is 9.97 Å². The number of nitriles is 1. The lowest BCUT2D eigenvalue weighted by molar-refractivity contribution is 1.23. The standard InChI is InChI=1S/C45H30N6/c46-29-34-35-21-23-37(47-35)43(30-13-5-1-6-14-30)39-25-27-41(49-39)45(51(32-17-9-3-10-18-32)33-19-11-4-12-20-33)42-28-26-40(50-42)44(31-15-7-2-8-16-31)38-24-22-36(34)48-38/h1-28,47,50H. The normalized spacial score (nSPS) is 11.7. The first-order chi connectivity index (χ1) is 25.2. The van der Waals surface area contributed by atoms with Gasteiger partial charge in [0.1, 0.15) is 11.6 Å². The zero-order valence-electron chi connectivity index (χ0n) is 27.5. The largest absolute Gasteiger partial charge is 0.354 e. The Morgan fingerprint density at radius 2 is 0.843 bits per heavy atom. The molecule has 0 radical (unpaired) electrons. The summed E-state index contributed by atoms with van der Waals surface area (Å²) >= 11 is 0. The van der Waals surface area contributed by atoms with Gasteiger partial charge < -0.3 is 14.9 Å². The summed E-state index contributed by atoms with van der Waals surface area (Å²) in [6.07, 6.45) is 8.09. The number of benzene rings is 4. The maximum Gasteiger partial charge on any atom is 0.104 e. The Kier molecular flexibility index (Phi) is 7.42. The summed E-state index contributed by atoms with van der Waals surface area (Å²) in [6.45, 7) is 0. The van der Waals surface area contributed by atoms with Crippen LogP contribution in [0.1, 0.15) is 28.3 Å². The van der Waals surface area contributed by atoms with Crippen molar-refractivity contribution in [3.05, 3.63) is 174 Å². The fourth-order valence-electron chi connectivity index (χ4n) is 6.92. The highest BCUT2D eigenvalue weighted by molar-refractivity contribution is 5.99. The SMILES string of the molecule is N#Cc1c2nc(c(-c3ccccc3)c3ccc([nH]3)c(N(c3ccccc3)c3ccccc3)c3nc(c(-c4ccccc4)c4ccc1[nH]4)C=C3)C=C2. The first-order valence-corrected chi connectivity index (χ1v) is 16.8. The highest BCUT2D eigenvalue weighted by Crippen LogP contribution is 2.41. The van der Waals surface area contributed by atoms with Crippen molar-refractivity contribution in [3.8, 4) is 28.3 Å². The number of hydrogen-bond donors (Lipinski definition) is 2. The van der Waals surface area contributed by atoms with Gasteiger partial charge in [-0.1, -0.05) is 97.1 Å². The highest BCUT2D eigenvalue weighted by atomic mass is 15.2. The minimum atomic E-state index is 0.472. The van der Waals surface area contributed by atoms with E-state index in [0.29, 0.717) is 16.8 Å². The first kappa shape index (κ1) is 29.9. The van der Waals surface area contributed by atoms with Gasteiger partial charge in [0.15, 0.2) is 0 Å². The molecule has 0 atom stereocenters. The smallest absolute Gasteiger partial charge is 0.104 e. The van der Waals surface area contributed by atoms with Gasteiger partial charge in [0, 0.05) is 33.5 Å². The van der Waals surface area contributed by atoms with Crippen LogP contribution in [-0.2, 0) is 0 Å². The molecule has 51 heavy (non-hydrogen) atoms. The van der Waals surface area contributed by atoms with Crippen LogP contribution in [0, 0.1) is 11.3 Å². The molecule has 7 aromatic rings. The van der Waals surface area contributed by atoms with Crippen LogP contribution in [-0.4, -0.2) is 19.9 Å². The quantitative estimate of drug-likeness (QED) is 0.193. The van der Waals surface area contributed by atoms with E-state index in [-0.39, 0.29) is 0 Å². The summed E-state index contributed by atoms with van der Waals surface area (Å²) in [6, 6.07) is 51.9. The van der Waals surface area contributed by atoms with E-state index in [0.717, 1.165) is 72.9 Å². The Morgan fingerprint density at radius 1 is 0.431 bits per heavy atom. The number of para-hydroxylation sites is 2. The first-order valence-electron chi connectivity index (χ1n) is 16.8. The summed E-state index contributed by atoms with van der Waals surface area (Å²) in [7, 11) is 0. The molecule has 0 amide bonds. The third-order valence-electron chi connectivity index (χ3n) is 9.22. The molecule has 0 unspecified atom stereocenters. The molecule has 4 aromatic carbocycles. The molecule has 240 valence electrons. The Labute approximate surface area is 295 Å². The Morgan fingerprint density at radius 3 is 1.37 bits per heavy atom. The fraction of sp³-hybridized carbons (Fsp3) is 0. The van der Waals surface area contributed by atoms with E-state index >= 15 is 0 Å². The average Bonchev–Trinajstić information content (AvgIpc) is 4.03. The number of rotatable bonds is 5. The molecule has 2 aliphatic rings. The van der Waals surface area contributed by atoms with E-state index in [1.54, 1.807) is 0 Å². The van der Waals surface area contributed by atoms with Crippen molar-refractivity contribution in [1.29, 1.82) is 5.26 Å². The maximum absolute atomic E-state index is 10.5. The van der Waals surface area contributed by atoms with Crippen LogP contribution in [0.2, 0.25) is 0 Å². The molecule has 2 N–H and O–H groups in total. The third-order valence-corrected chi connectivity index (χ3v) is 9.22. The molecule has 6 nitrogen and oxygen atoms in total. The number of nitrogens with one attached hydrogen (secondary N) is 2. The van der Waals surface area contributed by atoms with Crippen LogP contribution in [0.5, 0.6) is 0 Å². The van der Waals surface area contributed by atoms with E-state index in [9.17, 15) is 5.26 Å². The van der Waals surface area contributed by atoms with E-state index in [1.165, 1.54) is 0 Å². The van der Waals surface area contributed by atoms with Crippen molar-refractivity contribution in [1.82, 2.24) is 19.9 Å². The number of anilines is 3. The summed E-state index contributed by atoms with van der Waals surface area (Å²) in [5, 5.41) is 10.5. The van der Waals surface area contributed by atoms with Crippen LogP contribution >= 0.6 is 0 Å². The summed E-state index contributed by atoms with van der Waals surface area (Å²) < 4.78 is 0. The Hall–Kier alpha value is -7.23. The van der Waals surface area contributed by atoms with Crippen molar-refractivity contribution in [2.45, 2.75) is 0 Å². The van der Waals surface area contributed by atoms with Crippen molar-refractivity contribution in [2.24, 2.45) is 0 Å². The molecule has 0 spiro atoms. The lowest BCUT2D eigenvalue weighted by Crippen LogP contribution is -2.11. The molecule has 0 fully saturated rings. The summed E-state index contributed by atoms with van der Waals surface area (Å²) in [5.41, 5.74) is 13.6. The van der Waals surface area contributed by atoms with Crippen molar-refractivity contribution in [2.75, 3.05) is 4.90 Å². The topological polar surface area (TPSA) is 84.4 Å². The molecule has 8 bridgehead atoms. The van der Waals surface area contributed by atoms with Gasteiger partial charge in [0.25, 0.3) is 0 Å². The molecule has 0 aliphatic carbocycles. The number of aromatic nitrogens is 4. The van der Waals surface area contributed by atoms with Gasteiger partial charge in [-0.2, -0.15) is 5.26 Å². The van der Waals surface area contributed by atoms with Crippen molar-refractivity contribution in [3.63, 3.8) is 0 Å². The molecule has 3 aromatic heterocycles. The second-order valence-electron chi connectivity index (χ2n) is 12.3. The number of fused-ring (bicyclic) bond motifs is 8. The minimum absolute atomic E-state index is 0.472. The van der Waals surface area contributed by atoms with Gasteiger partial charge >= 0.3 is 0 Å². The van der Waals surface area contributed by atoms with Gasteiger partial charge in [-0.05, 0) is 84.0 Å². The lowest BCUT2D eigenvalue weighted by Gasteiger charge is -2.26. The summed E-state index contributed by atoms with van der Waals surface area (Å²) in [5.74, 6) is 0. The van der Waals surface area contributed by atoms with Crippen LogP contribution in [0.3, 0.4) is 0 Å². The van der Waals surface area contributed by atoms with E-state index < -0.39 is 0 Å². The zero-order valence-corrected chi connectivity index (χ0v) is 27.5. The van der Waals surface area contributed by atoms with Crippen LogP contribution in [0.4, 0.5) is 17.1 Å². The average molecular weight is 655 g/mol. The fourth-order valence-corrected chi connectivity index (χ4v) is 6.92. The second kappa shape index (κ2) is 12.7. The van der Waals surface area contributed by atoms with E-state index in [4.69, 9.17) is 9.97 Å². The molecule has 5 heterocycles. The molecule has 9 rings (SSSR count). The Bertz CT molecular complexity index is 2600. The summed E-state index contributed by atoms with van der Waals surface area (Å²) in [4.78, 5) is 20.1. The second-order valence-corrected chi connectivity index (χ2v) is 12.3. The molecule has 6 heteroatoms. The van der Waals surface area contributed by atoms with Crippen molar-refractivity contribution < 1.29 is 0 Å². The van der Waals surface area contributed by atoms with Crippen molar-refractivity contribution >= 4 is 63.4 Å². The maximum atomic E-state index is 10.5. The third kappa shape index (κ3) is 5.40. The van der Waals surface area contributed by atoms with Gasteiger partial charge in [0.05, 0.1) is 39.5 Å². The Balaban J connectivity index is 1.48. The van der Waals surface area contributed by atoms with Gasteiger partial charge in [-0.3, -0.25) is 0 Å². The minimum Gasteiger partial charge on any atom is -0.354 e. The van der Waals surface area contributed by atoms with Crippen LogP contribution < -0.4 is 4.90 Å². The number of H-pyrrole nitrogens is 2. The number of hydrogen-bond acceptors (Lipinski definition) is 4. The molecular weight excluding hydrogens is 625 g/mol. The number of aromatic amines is 2. The molecule has 0 saturated carbocycles. The van der Waals surface area contributed by atoms with Crippen LogP contribution in [0.15, 0.2) is 146 Å². The highest BCUT2D eigenvalue weighted by Gasteiger charge is 2.22. The molecule has 0 saturated heterocycles. The zero-order chi connectivity index (χ0) is 34.1. The van der Waals surface area contributed by atoms with Gasteiger partial charge in [0.2, 0.25) is 0 Å².